The third-order valence-corrected chi connectivity index (χ3v) is 9.06. The van der Waals surface area contributed by atoms with E-state index in [0.717, 1.165) is 47.0 Å². The van der Waals surface area contributed by atoms with Gasteiger partial charge in [0.15, 0.2) is 0 Å². The fourth-order valence-corrected chi connectivity index (χ4v) is 6.53. The van der Waals surface area contributed by atoms with Crippen molar-refractivity contribution in [1.29, 1.82) is 0 Å². The van der Waals surface area contributed by atoms with Crippen molar-refractivity contribution in [1.82, 2.24) is 14.6 Å². The van der Waals surface area contributed by atoms with E-state index in [9.17, 15) is 18.0 Å². The number of carbonyl (C=O) groups is 2. The molecule has 0 fully saturated rings. The van der Waals surface area contributed by atoms with Crippen LogP contribution < -0.4 is 14.8 Å². The first kappa shape index (κ1) is 35.4. The fraction of sp³-hybridized carbons (Fsp3) is 0.353. The molecule has 1 aromatic heterocycles. The zero-order valence-corrected chi connectivity index (χ0v) is 29.4. The molecule has 0 aliphatic carbocycles. The minimum atomic E-state index is -4.03. The molecule has 0 spiro atoms. The average Bonchev–Trinajstić information content (AvgIpc) is 3.32. The van der Waals surface area contributed by atoms with Crippen LogP contribution >= 0.6 is 0 Å². The zero-order valence-electron chi connectivity index (χ0n) is 26.6. The van der Waals surface area contributed by atoms with Crippen molar-refractivity contribution in [3.05, 3.63) is 94.7 Å². The maximum atomic E-state index is 13.0. The van der Waals surface area contributed by atoms with Gasteiger partial charge >= 0.3 is 0 Å². The molecule has 0 saturated heterocycles. The summed E-state index contributed by atoms with van der Waals surface area (Å²) in [5.74, 6) is -0.311. The summed E-state index contributed by atoms with van der Waals surface area (Å²) in [5.41, 5.74) is 4.93. The Kier molecular flexibility index (Phi) is 12.7. The minimum absolute atomic E-state index is 0. The number of fused-ring (bicyclic) bond motifs is 1. The van der Waals surface area contributed by atoms with Crippen molar-refractivity contribution in [2.75, 3.05) is 13.7 Å². The molecule has 10 heteroatoms. The van der Waals surface area contributed by atoms with Gasteiger partial charge in [0.05, 0.1) is 12.0 Å². The van der Waals surface area contributed by atoms with Gasteiger partial charge in [0.25, 0.3) is 15.9 Å². The van der Waals surface area contributed by atoms with Crippen LogP contribution in [-0.2, 0) is 34.2 Å². The number of methoxy groups -OCH3 is 1. The number of ether oxygens (including phenoxy) is 1. The van der Waals surface area contributed by atoms with Gasteiger partial charge in [-0.15, -0.1) is 0 Å². The van der Waals surface area contributed by atoms with Crippen LogP contribution in [-0.4, -0.2) is 68.0 Å². The van der Waals surface area contributed by atoms with E-state index >= 15 is 0 Å². The second kappa shape index (κ2) is 15.8. The van der Waals surface area contributed by atoms with E-state index in [1.54, 1.807) is 43.3 Å². The summed E-state index contributed by atoms with van der Waals surface area (Å²) < 4.78 is 35.8. The summed E-state index contributed by atoms with van der Waals surface area (Å²) in [4.78, 5) is 25.5. The molecule has 1 heterocycles. The number of nitrogens with zero attached hydrogens (tertiary/aromatic N) is 1. The predicted octanol–water partition coefficient (Wildman–Crippen LogP) is 5.40. The Morgan fingerprint density at radius 2 is 1.73 bits per heavy atom. The van der Waals surface area contributed by atoms with Crippen LogP contribution in [0.15, 0.2) is 71.8 Å². The van der Waals surface area contributed by atoms with Crippen molar-refractivity contribution in [3.63, 3.8) is 0 Å². The quantitative estimate of drug-likeness (QED) is 0.193. The first-order chi connectivity index (χ1) is 20.6. The molecule has 229 valence electrons. The van der Waals surface area contributed by atoms with Crippen LogP contribution in [0.5, 0.6) is 5.75 Å². The Bertz CT molecular complexity index is 1730. The number of aryl methyl sites for hydroxylation is 2. The summed E-state index contributed by atoms with van der Waals surface area (Å²) in [7, 11) is -2.50. The Hall–Kier alpha value is -3.11. The van der Waals surface area contributed by atoms with Crippen molar-refractivity contribution in [3.8, 4) is 5.75 Å². The zero-order chi connectivity index (χ0) is 31.1. The Morgan fingerprint density at radius 1 is 0.977 bits per heavy atom. The summed E-state index contributed by atoms with van der Waals surface area (Å²) in [5, 5.41) is 4.10. The van der Waals surface area contributed by atoms with Gasteiger partial charge in [-0.3, -0.25) is 9.59 Å². The summed E-state index contributed by atoms with van der Waals surface area (Å²) in [6, 6.07) is 17.9. The molecular weight excluding hydrogens is 585 g/mol. The van der Waals surface area contributed by atoms with Gasteiger partial charge in [0.2, 0.25) is 5.91 Å². The van der Waals surface area contributed by atoms with Crippen molar-refractivity contribution >= 4 is 62.3 Å². The second-order valence-corrected chi connectivity index (χ2v) is 12.6. The number of benzene rings is 3. The topological polar surface area (TPSA) is 106 Å². The molecule has 2 amide bonds. The third kappa shape index (κ3) is 8.33. The van der Waals surface area contributed by atoms with Gasteiger partial charge in [0.1, 0.15) is 5.75 Å². The van der Waals surface area contributed by atoms with Gasteiger partial charge in [-0.2, -0.15) is 0 Å². The van der Waals surface area contributed by atoms with E-state index in [2.05, 4.69) is 45.9 Å². The van der Waals surface area contributed by atoms with Gasteiger partial charge in [-0.25, -0.2) is 13.1 Å². The molecule has 0 aliphatic heterocycles. The molecule has 0 aliphatic rings. The number of amides is 2. The molecule has 4 rings (SSSR count). The van der Waals surface area contributed by atoms with Gasteiger partial charge < -0.3 is 14.6 Å². The van der Waals surface area contributed by atoms with Crippen LogP contribution in [0.25, 0.3) is 10.9 Å². The SMILES string of the molecule is CCCNC(=O)C(C)Cc1ccc2c(c1)c(Cc1ccc(C(=O)NS(=O)(=O)c3ccccc3C)cc1OC)cn2CCC.[Na]. The Labute approximate surface area is 282 Å². The maximum absolute atomic E-state index is 13.0. The van der Waals surface area contributed by atoms with E-state index < -0.39 is 15.9 Å². The fourth-order valence-electron chi connectivity index (χ4n) is 5.31. The number of carbonyl (C=O) groups excluding carboxylic acids is 2. The number of hydrogen-bond acceptors (Lipinski definition) is 5. The average molecular weight is 627 g/mol. The van der Waals surface area contributed by atoms with Crippen molar-refractivity contribution < 1.29 is 22.7 Å². The number of nitrogens with one attached hydrogen (secondary N) is 2. The molecule has 1 atom stereocenters. The summed E-state index contributed by atoms with van der Waals surface area (Å²) in [6.07, 6.45) is 5.24. The van der Waals surface area contributed by atoms with E-state index in [4.69, 9.17) is 4.74 Å². The van der Waals surface area contributed by atoms with Gasteiger partial charge in [-0.1, -0.05) is 51.1 Å². The van der Waals surface area contributed by atoms with Gasteiger partial charge in [0, 0.05) is 77.6 Å². The molecular formula is C34H41N3NaO5S. The van der Waals surface area contributed by atoms with Crippen molar-refractivity contribution in [2.45, 2.75) is 64.8 Å². The van der Waals surface area contributed by atoms with Gasteiger partial charge in [-0.05, 0) is 78.8 Å². The van der Waals surface area contributed by atoms with Crippen LogP contribution in [0.1, 0.15) is 66.2 Å². The van der Waals surface area contributed by atoms with E-state index in [-0.39, 0.29) is 51.8 Å². The van der Waals surface area contributed by atoms with E-state index in [1.807, 2.05) is 13.8 Å². The monoisotopic (exact) mass is 626 g/mol. The molecule has 1 unspecified atom stereocenters. The first-order valence-corrected chi connectivity index (χ1v) is 16.2. The molecule has 2 N–H and O–H groups in total. The van der Waals surface area contributed by atoms with Crippen LogP contribution in [0, 0.1) is 12.8 Å². The Morgan fingerprint density at radius 3 is 2.41 bits per heavy atom. The standard InChI is InChI=1S/C34H41N3O5S.Na/c1-6-16-35-33(38)24(4)18-25-12-15-30-29(19-25)28(22-37(30)17-7-2)20-26-13-14-27(21-31(26)42-5)34(39)36-43(40,41)32-11-9-8-10-23(32)3;/h8-15,19,21-22,24H,6-7,16-18,20H2,1-5H3,(H,35,38)(H,36,39);. The number of sulfonamides is 1. The van der Waals surface area contributed by atoms with Crippen LogP contribution in [0.2, 0.25) is 0 Å². The Balaban J connectivity index is 0.00000529. The van der Waals surface area contributed by atoms with Crippen molar-refractivity contribution in [2.24, 2.45) is 5.92 Å². The number of aromatic nitrogens is 1. The third-order valence-electron chi connectivity index (χ3n) is 7.57. The van der Waals surface area contributed by atoms with Crippen LogP contribution in [0.3, 0.4) is 0 Å². The largest absolute Gasteiger partial charge is 0.496 e. The second-order valence-electron chi connectivity index (χ2n) is 11.0. The number of hydrogen-bond donors (Lipinski definition) is 2. The minimum Gasteiger partial charge on any atom is -0.496 e. The normalized spacial score (nSPS) is 11.9. The number of rotatable bonds is 13. The smallest absolute Gasteiger partial charge is 0.265 e. The molecule has 44 heavy (non-hydrogen) atoms. The molecule has 8 nitrogen and oxygen atoms in total. The maximum Gasteiger partial charge on any atom is 0.265 e. The predicted molar refractivity (Wildman–Crippen MR) is 176 cm³/mol. The molecule has 4 aromatic rings. The van der Waals surface area contributed by atoms with E-state index in [0.29, 0.717) is 30.7 Å². The first-order valence-electron chi connectivity index (χ1n) is 14.8. The van der Waals surface area contributed by atoms with Crippen LogP contribution in [0.4, 0.5) is 0 Å². The summed E-state index contributed by atoms with van der Waals surface area (Å²) in [6.45, 7) is 9.36. The molecule has 0 bridgehead atoms. The van der Waals surface area contributed by atoms with E-state index in [1.165, 1.54) is 13.2 Å². The molecule has 1 radical (unpaired) electrons. The summed E-state index contributed by atoms with van der Waals surface area (Å²) >= 11 is 0. The molecule has 3 aromatic carbocycles. The molecule has 0 saturated carbocycles.